The summed E-state index contributed by atoms with van der Waals surface area (Å²) >= 11 is 1.90. The van der Waals surface area contributed by atoms with Crippen LogP contribution in [0, 0.1) is 0 Å². The van der Waals surface area contributed by atoms with Crippen LogP contribution in [0.3, 0.4) is 0 Å². The molecule has 0 N–H and O–H groups in total. The highest BCUT2D eigenvalue weighted by Crippen LogP contribution is 2.13. The summed E-state index contributed by atoms with van der Waals surface area (Å²) < 4.78 is 5.20. The second-order valence-corrected chi connectivity index (χ2v) is 7.70. The van der Waals surface area contributed by atoms with Crippen LogP contribution >= 0.6 is 11.8 Å². The predicted octanol–water partition coefficient (Wildman–Crippen LogP) is 6.76. The topological polar surface area (TPSA) is 26.3 Å². The van der Waals surface area contributed by atoms with Crippen molar-refractivity contribution >= 4 is 17.7 Å². The molecule has 0 heterocycles. The SMILES string of the molecule is CCCCCCCCCCCCSCCC(=O)OCCCCC. The lowest BCUT2D eigenvalue weighted by Gasteiger charge is -2.05. The van der Waals surface area contributed by atoms with E-state index in [4.69, 9.17) is 4.74 Å². The molecule has 0 radical (unpaired) electrons. The maximum absolute atomic E-state index is 11.5. The Bertz CT molecular complexity index is 244. The van der Waals surface area contributed by atoms with Crippen LogP contribution < -0.4 is 0 Å². The number of carbonyl (C=O) groups excluding carboxylic acids is 1. The molecule has 0 rings (SSSR count). The first-order chi connectivity index (χ1) is 11.3. The number of esters is 1. The van der Waals surface area contributed by atoms with Crippen LogP contribution in [0.4, 0.5) is 0 Å². The quantitative estimate of drug-likeness (QED) is 0.203. The second-order valence-electron chi connectivity index (χ2n) is 6.47. The van der Waals surface area contributed by atoms with E-state index in [-0.39, 0.29) is 5.97 Å². The van der Waals surface area contributed by atoms with Gasteiger partial charge in [-0.3, -0.25) is 4.79 Å². The van der Waals surface area contributed by atoms with E-state index in [1.165, 1.54) is 76.4 Å². The van der Waals surface area contributed by atoms with Crippen molar-refractivity contribution in [3.05, 3.63) is 0 Å². The Morgan fingerprint density at radius 2 is 1.22 bits per heavy atom. The summed E-state index contributed by atoms with van der Waals surface area (Å²) in [7, 11) is 0. The van der Waals surface area contributed by atoms with E-state index in [2.05, 4.69) is 13.8 Å². The van der Waals surface area contributed by atoms with E-state index in [1.54, 1.807) is 0 Å². The standard InChI is InChI=1S/C20H40O2S/c1-3-5-7-8-9-10-11-12-13-15-18-23-19-16-20(21)22-17-14-6-4-2/h3-19H2,1-2H3. The minimum atomic E-state index is -0.0170. The van der Waals surface area contributed by atoms with Gasteiger partial charge in [-0.2, -0.15) is 11.8 Å². The van der Waals surface area contributed by atoms with Crippen molar-refractivity contribution in [1.82, 2.24) is 0 Å². The Labute approximate surface area is 149 Å². The molecule has 0 saturated carbocycles. The van der Waals surface area contributed by atoms with Gasteiger partial charge in [0.05, 0.1) is 13.0 Å². The van der Waals surface area contributed by atoms with Crippen molar-refractivity contribution in [2.45, 2.75) is 104 Å². The molecule has 0 atom stereocenters. The van der Waals surface area contributed by atoms with Crippen LogP contribution in [-0.4, -0.2) is 24.1 Å². The summed E-state index contributed by atoms with van der Waals surface area (Å²) in [4.78, 5) is 11.5. The van der Waals surface area contributed by atoms with E-state index >= 15 is 0 Å². The fourth-order valence-electron chi connectivity index (χ4n) is 2.56. The number of hydrogen-bond acceptors (Lipinski definition) is 3. The van der Waals surface area contributed by atoms with Gasteiger partial charge in [0.2, 0.25) is 0 Å². The predicted molar refractivity (Wildman–Crippen MR) is 104 cm³/mol. The van der Waals surface area contributed by atoms with E-state index in [0.29, 0.717) is 13.0 Å². The lowest BCUT2D eigenvalue weighted by atomic mass is 10.1. The third kappa shape index (κ3) is 19.8. The summed E-state index contributed by atoms with van der Waals surface area (Å²) in [6, 6.07) is 0. The van der Waals surface area contributed by atoms with Crippen LogP contribution in [0.15, 0.2) is 0 Å². The van der Waals surface area contributed by atoms with E-state index in [1.807, 2.05) is 11.8 Å². The minimum absolute atomic E-state index is 0.0170. The van der Waals surface area contributed by atoms with Gasteiger partial charge in [-0.15, -0.1) is 0 Å². The van der Waals surface area contributed by atoms with E-state index in [9.17, 15) is 4.79 Å². The first-order valence-electron chi connectivity index (χ1n) is 10.0. The Kier molecular flexibility index (Phi) is 19.7. The van der Waals surface area contributed by atoms with Gasteiger partial charge in [0.25, 0.3) is 0 Å². The van der Waals surface area contributed by atoms with Crippen molar-refractivity contribution in [2.24, 2.45) is 0 Å². The Hall–Kier alpha value is -0.180. The van der Waals surface area contributed by atoms with Gasteiger partial charge in [0.15, 0.2) is 0 Å². The maximum Gasteiger partial charge on any atom is 0.306 e. The number of hydrogen-bond donors (Lipinski definition) is 0. The molecular formula is C20H40O2S. The van der Waals surface area contributed by atoms with Gasteiger partial charge in [-0.1, -0.05) is 84.5 Å². The fraction of sp³-hybridized carbons (Fsp3) is 0.950. The molecule has 0 aromatic heterocycles. The smallest absolute Gasteiger partial charge is 0.306 e. The highest BCUT2D eigenvalue weighted by molar-refractivity contribution is 7.99. The molecule has 0 aromatic rings. The molecule has 0 unspecified atom stereocenters. The molecule has 0 aromatic carbocycles. The van der Waals surface area contributed by atoms with Gasteiger partial charge in [-0.05, 0) is 18.6 Å². The minimum Gasteiger partial charge on any atom is -0.466 e. The van der Waals surface area contributed by atoms with Crippen LogP contribution in [0.1, 0.15) is 104 Å². The lowest BCUT2D eigenvalue weighted by molar-refractivity contribution is -0.143. The van der Waals surface area contributed by atoms with Crippen molar-refractivity contribution in [3.63, 3.8) is 0 Å². The number of rotatable bonds is 18. The highest BCUT2D eigenvalue weighted by Gasteiger charge is 2.02. The Morgan fingerprint density at radius 3 is 1.83 bits per heavy atom. The van der Waals surface area contributed by atoms with Crippen molar-refractivity contribution in [2.75, 3.05) is 18.1 Å². The molecule has 138 valence electrons. The molecule has 0 aliphatic carbocycles. The largest absolute Gasteiger partial charge is 0.466 e. The molecule has 0 saturated heterocycles. The summed E-state index contributed by atoms with van der Waals surface area (Å²) in [5.41, 5.74) is 0. The van der Waals surface area contributed by atoms with Gasteiger partial charge in [0.1, 0.15) is 0 Å². The monoisotopic (exact) mass is 344 g/mol. The zero-order valence-corrected chi connectivity index (χ0v) is 16.6. The van der Waals surface area contributed by atoms with Gasteiger partial charge >= 0.3 is 5.97 Å². The average molecular weight is 345 g/mol. The Morgan fingerprint density at radius 1 is 0.696 bits per heavy atom. The first-order valence-corrected chi connectivity index (χ1v) is 11.2. The Balaban J connectivity index is 3.08. The third-order valence-electron chi connectivity index (χ3n) is 4.10. The summed E-state index contributed by atoms with van der Waals surface area (Å²) in [6.07, 6.45) is 17.8. The fourth-order valence-corrected chi connectivity index (χ4v) is 3.48. The highest BCUT2D eigenvalue weighted by atomic mass is 32.2. The van der Waals surface area contributed by atoms with E-state index in [0.717, 1.165) is 18.6 Å². The third-order valence-corrected chi connectivity index (χ3v) is 5.17. The molecule has 0 amide bonds. The lowest BCUT2D eigenvalue weighted by Crippen LogP contribution is -2.06. The van der Waals surface area contributed by atoms with Crippen LogP contribution in [0.2, 0.25) is 0 Å². The zero-order chi connectivity index (χ0) is 17.0. The molecular weight excluding hydrogens is 304 g/mol. The van der Waals surface area contributed by atoms with E-state index < -0.39 is 0 Å². The number of thioether (sulfide) groups is 1. The summed E-state index contributed by atoms with van der Waals surface area (Å²) in [5.74, 6) is 2.10. The number of carbonyl (C=O) groups is 1. The molecule has 3 heteroatoms. The maximum atomic E-state index is 11.5. The van der Waals surface area contributed by atoms with Crippen LogP contribution in [-0.2, 0) is 9.53 Å². The number of unbranched alkanes of at least 4 members (excludes halogenated alkanes) is 11. The first kappa shape index (κ1) is 22.8. The normalized spacial score (nSPS) is 10.9. The molecule has 2 nitrogen and oxygen atoms in total. The van der Waals surface area contributed by atoms with Crippen molar-refractivity contribution < 1.29 is 9.53 Å². The van der Waals surface area contributed by atoms with Gasteiger partial charge in [0, 0.05) is 5.75 Å². The number of ether oxygens (including phenoxy) is 1. The molecule has 0 aliphatic rings. The average Bonchev–Trinajstić information content (AvgIpc) is 2.56. The van der Waals surface area contributed by atoms with Gasteiger partial charge < -0.3 is 4.74 Å². The second kappa shape index (κ2) is 19.9. The molecule has 0 aliphatic heterocycles. The molecule has 23 heavy (non-hydrogen) atoms. The van der Waals surface area contributed by atoms with Crippen molar-refractivity contribution in [1.29, 1.82) is 0 Å². The van der Waals surface area contributed by atoms with Gasteiger partial charge in [-0.25, -0.2) is 0 Å². The molecule has 0 fully saturated rings. The summed E-state index contributed by atoms with van der Waals surface area (Å²) in [6.45, 7) is 5.04. The van der Waals surface area contributed by atoms with Crippen LogP contribution in [0.5, 0.6) is 0 Å². The molecule has 0 bridgehead atoms. The van der Waals surface area contributed by atoms with Crippen molar-refractivity contribution in [3.8, 4) is 0 Å². The zero-order valence-electron chi connectivity index (χ0n) is 15.7. The van der Waals surface area contributed by atoms with Crippen LogP contribution in [0.25, 0.3) is 0 Å². The summed E-state index contributed by atoms with van der Waals surface area (Å²) in [5, 5.41) is 0. The molecule has 0 spiro atoms.